The molecule has 6 heteroatoms. The van der Waals surface area contributed by atoms with Gasteiger partial charge in [-0.2, -0.15) is 4.98 Å². The van der Waals surface area contributed by atoms with Crippen molar-refractivity contribution < 1.29 is 9.32 Å². The molecule has 0 bridgehead atoms. The van der Waals surface area contributed by atoms with E-state index in [-0.39, 0.29) is 12.3 Å². The van der Waals surface area contributed by atoms with Crippen molar-refractivity contribution in [3.8, 4) is 11.4 Å². The molecule has 0 aliphatic carbocycles. The second-order valence-corrected chi connectivity index (χ2v) is 5.76. The summed E-state index contributed by atoms with van der Waals surface area (Å²) < 4.78 is 5.22. The van der Waals surface area contributed by atoms with Crippen molar-refractivity contribution in [3.05, 3.63) is 59.7 Å². The summed E-state index contributed by atoms with van der Waals surface area (Å²) in [4.78, 5) is 20.6. The second-order valence-electron chi connectivity index (χ2n) is 5.76. The minimum absolute atomic E-state index is 0.0647. The van der Waals surface area contributed by atoms with Gasteiger partial charge in [-0.1, -0.05) is 30.3 Å². The van der Waals surface area contributed by atoms with Crippen molar-refractivity contribution >= 4 is 11.6 Å². The minimum atomic E-state index is -0.0647. The standard InChI is InChI=1S/C19H20N4O2/c1-3-14-7-4-6-13(2)18(14)21-16(24)9-10-17-22-19(23-25-17)15-8-5-11-20-12-15/h4-8,11-12H,3,9-10H2,1-2H3,(H,21,24). The Morgan fingerprint density at radius 3 is 2.88 bits per heavy atom. The molecule has 25 heavy (non-hydrogen) atoms. The number of benzene rings is 1. The van der Waals surface area contributed by atoms with E-state index in [9.17, 15) is 4.79 Å². The first kappa shape index (κ1) is 16.8. The Hall–Kier alpha value is -3.02. The number of rotatable bonds is 6. The van der Waals surface area contributed by atoms with Gasteiger partial charge in [0.2, 0.25) is 17.6 Å². The van der Waals surface area contributed by atoms with E-state index in [4.69, 9.17) is 4.52 Å². The molecule has 1 aromatic carbocycles. The van der Waals surface area contributed by atoms with Gasteiger partial charge in [-0.05, 0) is 36.6 Å². The molecular formula is C19H20N4O2. The van der Waals surface area contributed by atoms with Crippen LogP contribution >= 0.6 is 0 Å². The summed E-state index contributed by atoms with van der Waals surface area (Å²) in [5, 5.41) is 6.93. The lowest BCUT2D eigenvalue weighted by atomic mass is 10.1. The fourth-order valence-corrected chi connectivity index (χ4v) is 2.59. The van der Waals surface area contributed by atoms with Gasteiger partial charge in [0.15, 0.2) is 0 Å². The van der Waals surface area contributed by atoms with Crippen molar-refractivity contribution in [2.75, 3.05) is 5.32 Å². The van der Waals surface area contributed by atoms with E-state index >= 15 is 0 Å². The van der Waals surface area contributed by atoms with E-state index in [1.54, 1.807) is 12.4 Å². The third kappa shape index (κ3) is 4.09. The number of para-hydroxylation sites is 1. The van der Waals surface area contributed by atoms with Gasteiger partial charge < -0.3 is 9.84 Å². The van der Waals surface area contributed by atoms with Crippen LogP contribution in [-0.2, 0) is 17.6 Å². The van der Waals surface area contributed by atoms with Crippen molar-refractivity contribution in [2.45, 2.75) is 33.1 Å². The molecule has 0 atom stereocenters. The van der Waals surface area contributed by atoms with Crippen LogP contribution in [-0.4, -0.2) is 21.0 Å². The highest BCUT2D eigenvalue weighted by Crippen LogP contribution is 2.21. The highest BCUT2D eigenvalue weighted by atomic mass is 16.5. The van der Waals surface area contributed by atoms with Crippen LogP contribution in [0.25, 0.3) is 11.4 Å². The van der Waals surface area contributed by atoms with E-state index < -0.39 is 0 Å². The predicted molar refractivity (Wildman–Crippen MR) is 95.0 cm³/mol. The molecule has 0 unspecified atom stereocenters. The van der Waals surface area contributed by atoms with Gasteiger partial charge in [0.25, 0.3) is 0 Å². The summed E-state index contributed by atoms with van der Waals surface area (Å²) in [7, 11) is 0. The van der Waals surface area contributed by atoms with Crippen LogP contribution in [0.3, 0.4) is 0 Å². The van der Waals surface area contributed by atoms with E-state index in [0.29, 0.717) is 18.1 Å². The third-order valence-corrected chi connectivity index (χ3v) is 3.96. The average molecular weight is 336 g/mol. The summed E-state index contributed by atoms with van der Waals surface area (Å²) in [5.41, 5.74) is 3.88. The van der Waals surface area contributed by atoms with Gasteiger partial charge in [-0.15, -0.1) is 0 Å². The summed E-state index contributed by atoms with van der Waals surface area (Å²) >= 11 is 0. The Morgan fingerprint density at radius 1 is 1.24 bits per heavy atom. The Labute approximate surface area is 146 Å². The van der Waals surface area contributed by atoms with Crippen LogP contribution in [0.4, 0.5) is 5.69 Å². The largest absolute Gasteiger partial charge is 0.339 e. The first-order valence-electron chi connectivity index (χ1n) is 8.28. The molecular weight excluding hydrogens is 316 g/mol. The smallest absolute Gasteiger partial charge is 0.227 e. The Morgan fingerprint density at radius 2 is 2.12 bits per heavy atom. The summed E-state index contributed by atoms with van der Waals surface area (Å²) in [6.07, 6.45) is 4.91. The summed E-state index contributed by atoms with van der Waals surface area (Å²) in [6, 6.07) is 9.70. The molecule has 3 aromatic rings. The Bertz CT molecular complexity index is 859. The number of aromatic nitrogens is 3. The topological polar surface area (TPSA) is 80.9 Å². The molecule has 1 N–H and O–H groups in total. The lowest BCUT2D eigenvalue weighted by molar-refractivity contribution is -0.116. The highest BCUT2D eigenvalue weighted by Gasteiger charge is 2.12. The van der Waals surface area contributed by atoms with Crippen LogP contribution in [0.2, 0.25) is 0 Å². The molecule has 0 aliphatic rings. The maximum atomic E-state index is 12.3. The van der Waals surface area contributed by atoms with E-state index in [1.807, 2.05) is 37.3 Å². The van der Waals surface area contributed by atoms with Gasteiger partial charge in [-0.3, -0.25) is 9.78 Å². The number of nitrogens with zero attached hydrogens (tertiary/aromatic N) is 3. The zero-order valence-corrected chi connectivity index (χ0v) is 14.3. The molecule has 0 fully saturated rings. The predicted octanol–water partition coefficient (Wildman–Crippen LogP) is 3.57. The SMILES string of the molecule is CCc1cccc(C)c1NC(=O)CCc1nc(-c2cccnc2)no1. The number of hydrogen-bond donors (Lipinski definition) is 1. The fourth-order valence-electron chi connectivity index (χ4n) is 2.59. The van der Waals surface area contributed by atoms with Crippen LogP contribution in [0.5, 0.6) is 0 Å². The fraction of sp³-hybridized carbons (Fsp3) is 0.263. The average Bonchev–Trinajstić information content (AvgIpc) is 3.11. The van der Waals surface area contributed by atoms with Gasteiger partial charge in [0.1, 0.15) is 0 Å². The van der Waals surface area contributed by atoms with Crippen molar-refractivity contribution in [2.24, 2.45) is 0 Å². The van der Waals surface area contributed by atoms with E-state index in [1.165, 1.54) is 0 Å². The van der Waals surface area contributed by atoms with Crippen LogP contribution < -0.4 is 5.32 Å². The van der Waals surface area contributed by atoms with Crippen molar-refractivity contribution in [3.63, 3.8) is 0 Å². The number of nitrogens with one attached hydrogen (secondary N) is 1. The second kappa shape index (κ2) is 7.70. The normalized spacial score (nSPS) is 10.6. The quantitative estimate of drug-likeness (QED) is 0.744. The van der Waals surface area contributed by atoms with Gasteiger partial charge in [0, 0.05) is 36.5 Å². The molecule has 0 saturated carbocycles. The molecule has 6 nitrogen and oxygen atoms in total. The zero-order chi connectivity index (χ0) is 17.6. The number of carbonyl (C=O) groups excluding carboxylic acids is 1. The monoisotopic (exact) mass is 336 g/mol. The van der Waals surface area contributed by atoms with E-state index in [0.717, 1.165) is 28.8 Å². The molecule has 0 aliphatic heterocycles. The summed E-state index contributed by atoms with van der Waals surface area (Å²) in [6.45, 7) is 4.07. The summed E-state index contributed by atoms with van der Waals surface area (Å²) in [5.74, 6) is 0.857. The molecule has 0 spiro atoms. The minimum Gasteiger partial charge on any atom is -0.339 e. The van der Waals surface area contributed by atoms with E-state index in [2.05, 4.69) is 27.4 Å². The number of anilines is 1. The molecule has 2 aromatic heterocycles. The first-order valence-corrected chi connectivity index (χ1v) is 8.28. The maximum absolute atomic E-state index is 12.3. The first-order chi connectivity index (χ1) is 12.2. The van der Waals surface area contributed by atoms with Crippen LogP contribution in [0.15, 0.2) is 47.2 Å². The highest BCUT2D eigenvalue weighted by molar-refractivity contribution is 5.92. The number of pyridine rings is 1. The van der Waals surface area contributed by atoms with Gasteiger partial charge >= 0.3 is 0 Å². The lowest BCUT2D eigenvalue weighted by Gasteiger charge is -2.12. The molecule has 3 rings (SSSR count). The molecule has 2 heterocycles. The van der Waals surface area contributed by atoms with Gasteiger partial charge in [-0.25, -0.2) is 0 Å². The number of carbonyl (C=O) groups is 1. The number of amides is 1. The molecule has 0 saturated heterocycles. The Balaban J connectivity index is 1.61. The number of hydrogen-bond acceptors (Lipinski definition) is 5. The third-order valence-electron chi connectivity index (χ3n) is 3.96. The van der Waals surface area contributed by atoms with Crippen molar-refractivity contribution in [1.29, 1.82) is 0 Å². The molecule has 128 valence electrons. The lowest BCUT2D eigenvalue weighted by Crippen LogP contribution is -2.14. The molecule has 1 amide bonds. The van der Waals surface area contributed by atoms with Crippen LogP contribution in [0, 0.1) is 6.92 Å². The number of aryl methyl sites for hydroxylation is 3. The van der Waals surface area contributed by atoms with Gasteiger partial charge in [0.05, 0.1) is 0 Å². The molecule has 0 radical (unpaired) electrons. The van der Waals surface area contributed by atoms with Crippen molar-refractivity contribution in [1.82, 2.24) is 15.1 Å². The Kier molecular flexibility index (Phi) is 5.18. The zero-order valence-electron chi connectivity index (χ0n) is 14.3. The maximum Gasteiger partial charge on any atom is 0.227 e. The van der Waals surface area contributed by atoms with Crippen LogP contribution in [0.1, 0.15) is 30.4 Å².